The van der Waals surface area contributed by atoms with Crippen LogP contribution in [0.3, 0.4) is 0 Å². The van der Waals surface area contributed by atoms with Crippen LogP contribution in [0.5, 0.6) is 0 Å². The first-order valence-corrected chi connectivity index (χ1v) is 6.78. The average molecular weight is 316 g/mol. The molecular weight excluding hydrogens is 305 g/mol. The van der Waals surface area contributed by atoms with Crippen LogP contribution in [0.4, 0.5) is 13.2 Å². The molecule has 2 rings (SSSR count). The van der Waals surface area contributed by atoms with E-state index in [0.29, 0.717) is 16.4 Å². The summed E-state index contributed by atoms with van der Waals surface area (Å²) in [7, 11) is 0. The maximum absolute atomic E-state index is 12.6. The number of nitrogens with two attached hydrogens (primary N) is 1. The van der Waals surface area contributed by atoms with Gasteiger partial charge in [0.15, 0.2) is 5.76 Å². The van der Waals surface area contributed by atoms with Gasteiger partial charge in [0.2, 0.25) is 0 Å². The molecule has 21 heavy (non-hydrogen) atoms. The van der Waals surface area contributed by atoms with Crippen LogP contribution in [0.15, 0.2) is 45.7 Å². The molecule has 0 atom stereocenters. The van der Waals surface area contributed by atoms with Crippen LogP contribution in [0.2, 0.25) is 0 Å². The number of furan rings is 1. The summed E-state index contributed by atoms with van der Waals surface area (Å²) in [6, 6.07) is 8.04. The summed E-state index contributed by atoms with van der Waals surface area (Å²) in [6.45, 7) is 0. The number of benzene rings is 1. The minimum Gasteiger partial charge on any atom is -0.455 e. The van der Waals surface area contributed by atoms with Crippen molar-refractivity contribution in [1.29, 1.82) is 0 Å². The molecule has 0 bridgehead atoms. The molecule has 3 N–H and O–H groups in total. The van der Waals surface area contributed by atoms with E-state index >= 15 is 0 Å². The monoisotopic (exact) mass is 316 g/mol. The van der Waals surface area contributed by atoms with Gasteiger partial charge >= 0.3 is 12.1 Å². The molecule has 0 unspecified atom stereocenters. The molecule has 8 heteroatoms. The fourth-order valence-electron chi connectivity index (χ4n) is 1.57. The number of carbonyl (C=O) groups is 1. The van der Waals surface area contributed by atoms with Gasteiger partial charge in [0.05, 0.1) is 11.3 Å². The second kappa shape index (κ2) is 6.23. The Bertz CT molecular complexity index is 640. The molecule has 112 valence electrons. The van der Waals surface area contributed by atoms with Crippen molar-refractivity contribution in [2.75, 3.05) is 0 Å². The highest BCUT2D eigenvalue weighted by molar-refractivity contribution is 7.98. The van der Waals surface area contributed by atoms with Crippen LogP contribution in [-0.4, -0.2) is 5.91 Å². The summed E-state index contributed by atoms with van der Waals surface area (Å²) in [5.74, 6) is 5.23. The lowest BCUT2D eigenvalue weighted by Gasteiger charge is -2.07. The summed E-state index contributed by atoms with van der Waals surface area (Å²) in [6.07, 6.45) is -4.37. The van der Waals surface area contributed by atoms with E-state index in [2.05, 4.69) is 0 Å². The third-order valence-electron chi connectivity index (χ3n) is 2.56. The zero-order chi connectivity index (χ0) is 15.5. The predicted octanol–water partition coefficient (Wildman–Crippen LogP) is 3.19. The summed E-state index contributed by atoms with van der Waals surface area (Å²) in [5.41, 5.74) is 1.23. The second-order valence-corrected chi connectivity index (χ2v) is 5.10. The fourth-order valence-corrected chi connectivity index (χ4v) is 2.41. The van der Waals surface area contributed by atoms with Crippen LogP contribution in [0.1, 0.15) is 21.9 Å². The van der Waals surface area contributed by atoms with Crippen molar-refractivity contribution in [3.63, 3.8) is 0 Å². The Hall–Kier alpha value is -1.93. The predicted molar refractivity (Wildman–Crippen MR) is 71.4 cm³/mol. The standard InChI is InChI=1S/C13H11F3N2O2S/c14-13(15,16)8-2-1-3-10(6-8)21-7-9-4-5-11(20-9)12(19)18-17/h1-6H,7,17H2,(H,18,19). The third-order valence-corrected chi connectivity index (χ3v) is 3.58. The molecule has 0 radical (unpaired) electrons. The Morgan fingerprint density at radius 2 is 2.05 bits per heavy atom. The minimum absolute atomic E-state index is 0.0529. The van der Waals surface area contributed by atoms with Crippen molar-refractivity contribution in [3.05, 3.63) is 53.5 Å². The van der Waals surface area contributed by atoms with Gasteiger partial charge < -0.3 is 4.42 Å². The molecular formula is C13H11F3N2O2S. The van der Waals surface area contributed by atoms with E-state index in [0.717, 1.165) is 12.1 Å². The number of nitrogen functional groups attached to an aromatic ring is 1. The summed E-state index contributed by atoms with van der Waals surface area (Å²) in [4.78, 5) is 11.7. The molecule has 0 fully saturated rings. The fraction of sp³-hybridized carbons (Fsp3) is 0.154. The SMILES string of the molecule is NNC(=O)c1ccc(CSc2cccc(C(F)(F)F)c2)o1. The van der Waals surface area contributed by atoms with E-state index in [-0.39, 0.29) is 5.76 Å². The molecule has 0 spiro atoms. The zero-order valence-electron chi connectivity index (χ0n) is 10.6. The zero-order valence-corrected chi connectivity index (χ0v) is 11.4. The van der Waals surface area contributed by atoms with Gasteiger partial charge in [-0.15, -0.1) is 11.8 Å². The highest BCUT2D eigenvalue weighted by Gasteiger charge is 2.30. The molecule has 0 aliphatic carbocycles. The number of thioether (sulfide) groups is 1. The molecule has 2 aromatic rings. The molecule has 0 saturated heterocycles. The maximum atomic E-state index is 12.6. The van der Waals surface area contributed by atoms with Crippen LogP contribution < -0.4 is 11.3 Å². The van der Waals surface area contributed by atoms with Gasteiger partial charge in [-0.1, -0.05) is 6.07 Å². The number of hydrazine groups is 1. The van der Waals surface area contributed by atoms with Crippen LogP contribution in [-0.2, 0) is 11.9 Å². The number of nitrogens with one attached hydrogen (secondary N) is 1. The maximum Gasteiger partial charge on any atom is 0.416 e. The van der Waals surface area contributed by atoms with Crippen LogP contribution in [0, 0.1) is 0 Å². The van der Waals surface area contributed by atoms with E-state index in [9.17, 15) is 18.0 Å². The van der Waals surface area contributed by atoms with E-state index in [1.807, 2.05) is 5.43 Å². The minimum atomic E-state index is -4.37. The van der Waals surface area contributed by atoms with Crippen molar-refractivity contribution < 1.29 is 22.4 Å². The Morgan fingerprint density at radius 3 is 2.71 bits per heavy atom. The Morgan fingerprint density at radius 1 is 1.29 bits per heavy atom. The second-order valence-electron chi connectivity index (χ2n) is 4.05. The van der Waals surface area contributed by atoms with E-state index in [1.165, 1.54) is 23.9 Å². The van der Waals surface area contributed by atoms with Gasteiger partial charge in [-0.2, -0.15) is 13.2 Å². The van der Waals surface area contributed by atoms with Crippen molar-refractivity contribution in [1.82, 2.24) is 5.43 Å². The Labute approximate surface area is 122 Å². The molecule has 4 nitrogen and oxygen atoms in total. The molecule has 1 amide bonds. The number of hydrogen-bond donors (Lipinski definition) is 2. The van der Waals surface area contributed by atoms with Crippen molar-refractivity contribution in [3.8, 4) is 0 Å². The van der Waals surface area contributed by atoms with Gasteiger partial charge in [0.1, 0.15) is 5.76 Å². The van der Waals surface area contributed by atoms with Gasteiger partial charge in [-0.25, -0.2) is 5.84 Å². The normalized spacial score (nSPS) is 11.4. The van der Waals surface area contributed by atoms with Gasteiger partial charge in [-0.05, 0) is 30.3 Å². The quantitative estimate of drug-likeness (QED) is 0.393. The smallest absolute Gasteiger partial charge is 0.416 e. The van der Waals surface area contributed by atoms with Gasteiger partial charge in [-0.3, -0.25) is 10.2 Å². The molecule has 1 aromatic heterocycles. The molecule has 0 saturated carbocycles. The Kier molecular flexibility index (Phi) is 4.59. The number of halogens is 3. The summed E-state index contributed by atoms with van der Waals surface area (Å²) in [5, 5.41) is 0. The lowest BCUT2D eigenvalue weighted by Crippen LogP contribution is -2.29. The van der Waals surface area contributed by atoms with Crippen molar-refractivity contribution in [2.24, 2.45) is 5.84 Å². The lowest BCUT2D eigenvalue weighted by atomic mass is 10.2. The van der Waals surface area contributed by atoms with E-state index in [1.54, 1.807) is 12.1 Å². The molecule has 0 aliphatic heterocycles. The highest BCUT2D eigenvalue weighted by atomic mass is 32.2. The number of rotatable bonds is 4. The number of hydrogen-bond acceptors (Lipinski definition) is 4. The average Bonchev–Trinajstić information content (AvgIpc) is 2.92. The Balaban J connectivity index is 2.03. The first-order valence-electron chi connectivity index (χ1n) is 5.80. The number of carbonyl (C=O) groups excluding carboxylic acids is 1. The van der Waals surface area contributed by atoms with Gasteiger partial charge in [0.25, 0.3) is 0 Å². The van der Waals surface area contributed by atoms with E-state index < -0.39 is 17.6 Å². The highest BCUT2D eigenvalue weighted by Crippen LogP contribution is 2.32. The number of alkyl halides is 3. The number of amides is 1. The van der Waals surface area contributed by atoms with Gasteiger partial charge in [0, 0.05) is 4.90 Å². The first kappa shape index (κ1) is 15.5. The van der Waals surface area contributed by atoms with Crippen LogP contribution in [0.25, 0.3) is 0 Å². The molecule has 1 aromatic carbocycles. The summed E-state index contributed by atoms with van der Waals surface area (Å²) < 4.78 is 43.0. The molecule has 0 aliphatic rings. The largest absolute Gasteiger partial charge is 0.455 e. The van der Waals surface area contributed by atoms with Crippen LogP contribution >= 0.6 is 11.8 Å². The van der Waals surface area contributed by atoms with E-state index in [4.69, 9.17) is 10.3 Å². The lowest BCUT2D eigenvalue weighted by molar-refractivity contribution is -0.137. The molecule has 1 heterocycles. The topological polar surface area (TPSA) is 68.3 Å². The first-order chi connectivity index (χ1) is 9.90. The van der Waals surface area contributed by atoms with Crippen molar-refractivity contribution >= 4 is 17.7 Å². The summed E-state index contributed by atoms with van der Waals surface area (Å²) >= 11 is 1.18. The third kappa shape index (κ3) is 4.02. The van der Waals surface area contributed by atoms with Crippen molar-refractivity contribution in [2.45, 2.75) is 16.8 Å².